The molecular weight excluding hydrogens is 304 g/mol. The van der Waals surface area contributed by atoms with Crippen LogP contribution in [0.2, 0.25) is 0 Å². The number of hydrogen-bond acceptors (Lipinski definition) is 4. The molecule has 2 saturated heterocycles. The van der Waals surface area contributed by atoms with Crippen molar-refractivity contribution in [1.29, 1.82) is 0 Å². The molecule has 3 rings (SSSR count). The molecular formula is C19H24N2O3. The molecule has 24 heavy (non-hydrogen) atoms. The number of piperidine rings is 2. The van der Waals surface area contributed by atoms with Crippen molar-refractivity contribution < 1.29 is 14.4 Å². The van der Waals surface area contributed by atoms with Crippen molar-refractivity contribution in [3.63, 3.8) is 0 Å². The van der Waals surface area contributed by atoms with Crippen LogP contribution >= 0.6 is 0 Å². The van der Waals surface area contributed by atoms with Gasteiger partial charge in [0.2, 0.25) is 11.8 Å². The number of Topliss-reactive ketones (excluding diaryl/α,β-unsaturated/α-hetero) is 1. The lowest BCUT2D eigenvalue weighted by atomic mass is 9.86. The Morgan fingerprint density at radius 3 is 2.29 bits per heavy atom. The minimum atomic E-state index is -0.214. The third-order valence-electron chi connectivity index (χ3n) is 5.08. The third-order valence-corrected chi connectivity index (χ3v) is 5.08. The lowest BCUT2D eigenvalue weighted by Crippen LogP contribution is -2.39. The fourth-order valence-corrected chi connectivity index (χ4v) is 3.75. The third kappa shape index (κ3) is 3.90. The molecule has 1 aromatic carbocycles. The Bertz CT molecular complexity index is 631. The highest BCUT2D eigenvalue weighted by Gasteiger charge is 2.28. The van der Waals surface area contributed by atoms with Crippen LogP contribution in [0.1, 0.15) is 55.6 Å². The predicted octanol–water partition coefficient (Wildman–Crippen LogP) is 1.98. The quantitative estimate of drug-likeness (QED) is 0.858. The van der Waals surface area contributed by atoms with Crippen LogP contribution in [0.25, 0.3) is 0 Å². The van der Waals surface area contributed by atoms with Crippen molar-refractivity contribution in [2.75, 3.05) is 19.6 Å². The largest absolute Gasteiger partial charge is 0.299 e. The van der Waals surface area contributed by atoms with Gasteiger partial charge in [-0.3, -0.25) is 24.6 Å². The van der Waals surface area contributed by atoms with Gasteiger partial charge in [0, 0.05) is 6.42 Å². The van der Waals surface area contributed by atoms with E-state index in [0.717, 1.165) is 31.5 Å². The number of rotatable bonds is 4. The lowest BCUT2D eigenvalue weighted by molar-refractivity contribution is -0.134. The summed E-state index contributed by atoms with van der Waals surface area (Å²) in [4.78, 5) is 36.6. The molecule has 0 spiro atoms. The topological polar surface area (TPSA) is 66.5 Å². The molecule has 0 aromatic heterocycles. The fraction of sp³-hybridized carbons (Fsp3) is 0.526. The zero-order valence-electron chi connectivity index (χ0n) is 14.1. The van der Waals surface area contributed by atoms with Crippen LogP contribution < -0.4 is 5.32 Å². The average molecular weight is 328 g/mol. The summed E-state index contributed by atoms with van der Waals surface area (Å²) in [5.41, 5.74) is 2.28. The number of hydrogen-bond donors (Lipinski definition) is 1. The van der Waals surface area contributed by atoms with Crippen LogP contribution in [-0.2, 0) is 14.4 Å². The summed E-state index contributed by atoms with van der Waals surface area (Å²) in [5, 5.41) is 2.42. The van der Waals surface area contributed by atoms with Gasteiger partial charge in [0.05, 0.1) is 12.5 Å². The van der Waals surface area contributed by atoms with Gasteiger partial charge < -0.3 is 0 Å². The smallest absolute Gasteiger partial charge is 0.234 e. The summed E-state index contributed by atoms with van der Waals surface area (Å²) >= 11 is 0. The van der Waals surface area contributed by atoms with Gasteiger partial charge in [-0.05, 0) is 56.3 Å². The van der Waals surface area contributed by atoms with E-state index in [-0.39, 0.29) is 23.5 Å². The Morgan fingerprint density at radius 1 is 1.08 bits per heavy atom. The van der Waals surface area contributed by atoms with E-state index in [9.17, 15) is 14.4 Å². The second-order valence-corrected chi connectivity index (χ2v) is 6.92. The maximum Gasteiger partial charge on any atom is 0.234 e. The predicted molar refractivity (Wildman–Crippen MR) is 90.7 cm³/mol. The number of nitrogens with zero attached hydrogens (tertiary/aromatic N) is 1. The minimum absolute atomic E-state index is 0.176. The van der Waals surface area contributed by atoms with Crippen molar-refractivity contribution in [3.05, 3.63) is 35.4 Å². The molecule has 1 N–H and O–H groups in total. The number of ketones is 1. The summed E-state index contributed by atoms with van der Waals surface area (Å²) < 4.78 is 0. The molecule has 0 saturated carbocycles. The molecule has 1 aromatic rings. The molecule has 1 atom stereocenters. The average Bonchev–Trinajstić information content (AvgIpc) is 2.55. The van der Waals surface area contributed by atoms with E-state index in [1.165, 1.54) is 5.56 Å². The summed E-state index contributed by atoms with van der Waals surface area (Å²) in [6.45, 7) is 4.11. The van der Waals surface area contributed by atoms with E-state index in [1.807, 2.05) is 12.1 Å². The number of carbonyl (C=O) groups is 3. The van der Waals surface area contributed by atoms with Crippen molar-refractivity contribution in [2.45, 2.75) is 44.4 Å². The van der Waals surface area contributed by atoms with Gasteiger partial charge in [0.25, 0.3) is 0 Å². The maximum atomic E-state index is 12.0. The normalized spacial score (nSPS) is 23.1. The van der Waals surface area contributed by atoms with E-state index in [0.29, 0.717) is 25.3 Å². The van der Waals surface area contributed by atoms with Crippen LogP contribution in [0.3, 0.4) is 0 Å². The Balaban J connectivity index is 1.60. The highest BCUT2D eigenvalue weighted by atomic mass is 16.2. The second kappa shape index (κ2) is 7.26. The van der Waals surface area contributed by atoms with Gasteiger partial charge in [0.1, 0.15) is 5.78 Å². The number of amides is 2. The van der Waals surface area contributed by atoms with E-state index < -0.39 is 0 Å². The Morgan fingerprint density at radius 2 is 1.71 bits per heavy atom. The molecule has 2 heterocycles. The van der Waals surface area contributed by atoms with Crippen LogP contribution in [0.5, 0.6) is 0 Å². The summed E-state index contributed by atoms with van der Waals surface area (Å²) in [5.74, 6) is 0.168. The van der Waals surface area contributed by atoms with Gasteiger partial charge in [-0.15, -0.1) is 0 Å². The summed E-state index contributed by atoms with van der Waals surface area (Å²) in [6.07, 6.45) is 3.12. The molecule has 2 amide bonds. The molecule has 0 aliphatic carbocycles. The van der Waals surface area contributed by atoms with E-state index in [1.54, 1.807) is 6.92 Å². The van der Waals surface area contributed by atoms with Gasteiger partial charge in [0.15, 0.2) is 0 Å². The van der Waals surface area contributed by atoms with Crippen LogP contribution in [0, 0.1) is 0 Å². The first-order valence-electron chi connectivity index (χ1n) is 8.68. The summed E-state index contributed by atoms with van der Waals surface area (Å²) in [6, 6.07) is 8.28. The van der Waals surface area contributed by atoms with Gasteiger partial charge >= 0.3 is 0 Å². The van der Waals surface area contributed by atoms with E-state index in [2.05, 4.69) is 22.3 Å². The maximum absolute atomic E-state index is 12.0. The summed E-state index contributed by atoms with van der Waals surface area (Å²) in [7, 11) is 0. The fourth-order valence-electron chi connectivity index (χ4n) is 3.75. The van der Waals surface area contributed by atoms with Crippen LogP contribution in [0.4, 0.5) is 0 Å². The van der Waals surface area contributed by atoms with Gasteiger partial charge in [-0.1, -0.05) is 24.3 Å². The van der Waals surface area contributed by atoms with Crippen molar-refractivity contribution in [2.24, 2.45) is 0 Å². The Labute approximate surface area is 142 Å². The molecule has 5 heteroatoms. The van der Waals surface area contributed by atoms with E-state index in [4.69, 9.17) is 0 Å². The molecule has 128 valence electrons. The SMILES string of the molecule is CC(=O)CN1CCC(c2ccc(C3CCC(=O)NC3=O)cc2)CC1. The number of benzene rings is 1. The van der Waals surface area contributed by atoms with Gasteiger partial charge in [-0.2, -0.15) is 0 Å². The first-order valence-corrected chi connectivity index (χ1v) is 8.68. The first kappa shape index (κ1) is 16.8. The highest BCUT2D eigenvalue weighted by molar-refractivity contribution is 6.00. The molecule has 1 unspecified atom stereocenters. The van der Waals surface area contributed by atoms with Crippen molar-refractivity contribution in [3.8, 4) is 0 Å². The number of carbonyl (C=O) groups excluding carboxylic acids is 3. The number of nitrogens with one attached hydrogen (secondary N) is 1. The molecule has 0 radical (unpaired) electrons. The standard InChI is InChI=1S/C19H24N2O3/c1-13(22)12-21-10-8-15(9-11-21)14-2-4-16(5-3-14)17-6-7-18(23)20-19(17)24/h2-5,15,17H,6-12H2,1H3,(H,20,23,24). The first-order chi connectivity index (χ1) is 11.5. The van der Waals surface area contributed by atoms with Gasteiger partial charge in [-0.25, -0.2) is 0 Å². The monoisotopic (exact) mass is 328 g/mol. The highest BCUT2D eigenvalue weighted by Crippen LogP contribution is 2.30. The Hall–Kier alpha value is -2.01. The minimum Gasteiger partial charge on any atom is -0.299 e. The zero-order chi connectivity index (χ0) is 17.1. The van der Waals surface area contributed by atoms with Crippen LogP contribution in [-0.4, -0.2) is 42.1 Å². The Kier molecular flexibility index (Phi) is 5.09. The lowest BCUT2D eigenvalue weighted by Gasteiger charge is -2.31. The zero-order valence-corrected chi connectivity index (χ0v) is 14.1. The van der Waals surface area contributed by atoms with Crippen molar-refractivity contribution in [1.82, 2.24) is 10.2 Å². The molecule has 2 aliphatic rings. The van der Waals surface area contributed by atoms with Crippen molar-refractivity contribution >= 4 is 17.6 Å². The number of likely N-dealkylation sites (tertiary alicyclic amines) is 1. The molecule has 2 aliphatic heterocycles. The number of imide groups is 1. The van der Waals surface area contributed by atoms with E-state index >= 15 is 0 Å². The molecule has 5 nitrogen and oxygen atoms in total. The molecule has 2 fully saturated rings. The second-order valence-electron chi connectivity index (χ2n) is 6.92. The van der Waals surface area contributed by atoms with Crippen LogP contribution in [0.15, 0.2) is 24.3 Å². The molecule has 0 bridgehead atoms.